The number of hydrogen-bond donors (Lipinski definition) is 0. The first kappa shape index (κ1) is 26.5. The normalized spacial score (nSPS) is 15.5. The maximum Gasteiger partial charge on any atom is 0.198 e. The zero-order valence-electron chi connectivity index (χ0n) is 14.6. The predicted molar refractivity (Wildman–Crippen MR) is 81.2 cm³/mol. The maximum absolute atomic E-state index is 12.3. The minimum absolute atomic E-state index is 0.00569. The Morgan fingerprint density at radius 3 is 1.41 bits per heavy atom. The molecule has 4 atom stereocenters. The maximum atomic E-state index is 12.3. The third-order valence-electron chi connectivity index (χ3n) is 2.30. The van der Waals surface area contributed by atoms with Gasteiger partial charge in [0.2, 0.25) is 0 Å². The van der Waals surface area contributed by atoms with E-state index in [9.17, 15) is 17.6 Å². The molecule has 0 fully saturated rings. The largest absolute Gasteiger partial charge is 0.382 e. The number of halogens is 4. The molecular weight excluding hydrogens is 304 g/mol. The summed E-state index contributed by atoms with van der Waals surface area (Å²) in [5.74, 6) is 0. The van der Waals surface area contributed by atoms with Crippen molar-refractivity contribution in [1.29, 1.82) is 0 Å². The monoisotopic (exact) mass is 336 g/mol. The van der Waals surface area contributed by atoms with Crippen LogP contribution in [0.4, 0.5) is 17.6 Å². The fourth-order valence-corrected chi connectivity index (χ4v) is 1.07. The second-order valence-electron chi connectivity index (χ2n) is 4.58. The van der Waals surface area contributed by atoms with E-state index in [2.05, 4.69) is 14.2 Å². The lowest BCUT2D eigenvalue weighted by Crippen LogP contribution is -2.12. The minimum atomic E-state index is -1.16. The fourth-order valence-electron chi connectivity index (χ4n) is 1.07. The van der Waals surface area contributed by atoms with Crippen LogP contribution in [0.15, 0.2) is 0 Å². The molecule has 0 bridgehead atoms. The van der Waals surface area contributed by atoms with Gasteiger partial charge >= 0.3 is 0 Å². The molecular formula is C15H32F4O3. The van der Waals surface area contributed by atoms with Crippen LogP contribution in [0.5, 0.6) is 0 Å². The van der Waals surface area contributed by atoms with Gasteiger partial charge in [-0.3, -0.25) is 0 Å². The van der Waals surface area contributed by atoms with Gasteiger partial charge in [0, 0.05) is 34.2 Å². The molecule has 0 aromatic heterocycles. The average Bonchev–Trinajstić information content (AvgIpc) is 2.47. The molecule has 3 nitrogen and oxygen atoms in total. The van der Waals surface area contributed by atoms with Gasteiger partial charge in [0.05, 0.1) is 13.2 Å². The Labute approximate surface area is 132 Å². The number of rotatable bonds is 9. The zero-order chi connectivity index (χ0) is 18.0. The van der Waals surface area contributed by atoms with Crippen LogP contribution < -0.4 is 0 Å². The Balaban J connectivity index is -0.000000252. The first-order chi connectivity index (χ1) is 10.3. The van der Waals surface area contributed by atoms with E-state index in [0.29, 0.717) is 12.8 Å². The lowest BCUT2D eigenvalue weighted by molar-refractivity contribution is -0.00675. The number of alkyl halides is 4. The van der Waals surface area contributed by atoms with E-state index in [1.54, 1.807) is 13.8 Å². The number of ether oxygens (including phenoxy) is 3. The van der Waals surface area contributed by atoms with E-state index in [4.69, 9.17) is 0 Å². The molecule has 0 saturated carbocycles. The summed E-state index contributed by atoms with van der Waals surface area (Å²) in [7, 11) is 4.26. The van der Waals surface area contributed by atoms with E-state index in [1.165, 1.54) is 28.3 Å². The molecule has 0 rings (SSSR count). The van der Waals surface area contributed by atoms with Crippen molar-refractivity contribution in [2.75, 3.05) is 34.5 Å². The van der Waals surface area contributed by atoms with Crippen LogP contribution in [0.25, 0.3) is 0 Å². The summed E-state index contributed by atoms with van der Waals surface area (Å²) in [6, 6.07) is 0. The Morgan fingerprint density at radius 1 is 0.773 bits per heavy atom. The lowest BCUT2D eigenvalue weighted by atomic mass is 10.2. The quantitative estimate of drug-likeness (QED) is 0.583. The first-order valence-corrected chi connectivity index (χ1v) is 7.35. The van der Waals surface area contributed by atoms with Crippen molar-refractivity contribution in [3.8, 4) is 0 Å². The summed E-state index contributed by atoms with van der Waals surface area (Å²) >= 11 is 0. The van der Waals surface area contributed by atoms with Crippen molar-refractivity contribution < 1.29 is 31.8 Å². The third kappa shape index (κ3) is 27.9. The molecule has 0 heterocycles. The van der Waals surface area contributed by atoms with E-state index in [1.807, 2.05) is 0 Å². The highest BCUT2D eigenvalue weighted by molar-refractivity contribution is 4.58. The predicted octanol–water partition coefficient (Wildman–Crippen LogP) is 4.44. The standard InChI is InChI=1S/C6H12F2O.C5H11FO.C4H9FO/c1-5(7)3-6(8)4-9-2;1-3-5(6)4-7-2;1-3-4(5)6-2/h5-6H,3-4H2,1-2H3;5H,3-4H2,1-2H3;4H,3H2,1-2H3. The van der Waals surface area contributed by atoms with Gasteiger partial charge in [-0.15, -0.1) is 0 Å². The van der Waals surface area contributed by atoms with Crippen molar-refractivity contribution in [1.82, 2.24) is 0 Å². The molecule has 0 aliphatic heterocycles. The number of hydrogen-bond acceptors (Lipinski definition) is 3. The van der Waals surface area contributed by atoms with Crippen molar-refractivity contribution in [2.45, 2.75) is 64.9 Å². The summed E-state index contributed by atoms with van der Waals surface area (Å²) in [4.78, 5) is 0. The van der Waals surface area contributed by atoms with Crippen LogP contribution in [0, 0.1) is 0 Å². The third-order valence-corrected chi connectivity index (χ3v) is 2.30. The van der Waals surface area contributed by atoms with Crippen LogP contribution in [0.1, 0.15) is 40.0 Å². The fraction of sp³-hybridized carbons (Fsp3) is 1.00. The minimum Gasteiger partial charge on any atom is -0.382 e. The Hall–Kier alpha value is -0.400. The Kier molecular flexibility index (Phi) is 24.8. The average molecular weight is 336 g/mol. The topological polar surface area (TPSA) is 27.7 Å². The lowest BCUT2D eigenvalue weighted by Gasteiger charge is -2.05. The molecule has 0 radical (unpaired) electrons. The van der Waals surface area contributed by atoms with Gasteiger partial charge in [-0.1, -0.05) is 13.8 Å². The van der Waals surface area contributed by atoms with Gasteiger partial charge in [0.25, 0.3) is 0 Å². The van der Waals surface area contributed by atoms with Gasteiger partial charge in [-0.2, -0.15) is 0 Å². The highest BCUT2D eigenvalue weighted by atomic mass is 19.2. The SMILES string of the molecule is CCC(F)COC.CCC(F)OC.COCC(F)CC(C)F. The second kappa shape index (κ2) is 20.6. The highest BCUT2D eigenvalue weighted by Crippen LogP contribution is 2.04. The van der Waals surface area contributed by atoms with Crippen molar-refractivity contribution in [3.05, 3.63) is 0 Å². The molecule has 0 aromatic carbocycles. The molecule has 4 unspecified atom stereocenters. The molecule has 7 heteroatoms. The summed E-state index contributed by atoms with van der Waals surface area (Å²) in [6.07, 6.45) is -3.14. The molecule has 0 spiro atoms. The molecule has 0 amide bonds. The van der Waals surface area contributed by atoms with Crippen molar-refractivity contribution in [3.63, 3.8) is 0 Å². The van der Waals surface area contributed by atoms with Gasteiger partial charge in [0.15, 0.2) is 6.36 Å². The summed E-state index contributed by atoms with van der Waals surface area (Å²) in [6.45, 7) is 5.09. The van der Waals surface area contributed by atoms with Gasteiger partial charge in [-0.25, -0.2) is 17.6 Å². The number of methoxy groups -OCH3 is 3. The first-order valence-electron chi connectivity index (χ1n) is 7.35. The molecule has 0 aromatic rings. The highest BCUT2D eigenvalue weighted by Gasteiger charge is 2.09. The van der Waals surface area contributed by atoms with Crippen LogP contribution in [-0.2, 0) is 14.2 Å². The smallest absolute Gasteiger partial charge is 0.198 e. The molecule has 0 aliphatic carbocycles. The second-order valence-corrected chi connectivity index (χ2v) is 4.58. The summed E-state index contributed by atoms with van der Waals surface area (Å²) in [5, 5.41) is 0. The van der Waals surface area contributed by atoms with E-state index < -0.39 is 24.9 Å². The summed E-state index contributed by atoms with van der Waals surface area (Å²) < 4.78 is 61.1. The van der Waals surface area contributed by atoms with E-state index in [-0.39, 0.29) is 19.6 Å². The zero-order valence-corrected chi connectivity index (χ0v) is 14.6. The van der Waals surface area contributed by atoms with E-state index in [0.717, 1.165) is 0 Å². The summed E-state index contributed by atoms with van der Waals surface area (Å²) in [5.41, 5.74) is 0. The molecule has 138 valence electrons. The molecule has 0 saturated heterocycles. The van der Waals surface area contributed by atoms with Gasteiger partial charge in [0.1, 0.15) is 18.5 Å². The van der Waals surface area contributed by atoms with Crippen LogP contribution in [0.3, 0.4) is 0 Å². The van der Waals surface area contributed by atoms with Crippen molar-refractivity contribution in [2.24, 2.45) is 0 Å². The van der Waals surface area contributed by atoms with Crippen molar-refractivity contribution >= 4 is 0 Å². The van der Waals surface area contributed by atoms with E-state index >= 15 is 0 Å². The van der Waals surface area contributed by atoms with Gasteiger partial charge in [-0.05, 0) is 13.3 Å². The molecule has 0 aliphatic rings. The van der Waals surface area contributed by atoms with Crippen LogP contribution in [0.2, 0.25) is 0 Å². The molecule has 0 N–H and O–H groups in total. The van der Waals surface area contributed by atoms with Gasteiger partial charge < -0.3 is 14.2 Å². The van der Waals surface area contributed by atoms with Crippen LogP contribution >= 0.6 is 0 Å². The van der Waals surface area contributed by atoms with Crippen LogP contribution in [-0.4, -0.2) is 59.4 Å². The Morgan fingerprint density at radius 2 is 1.23 bits per heavy atom. The Bertz CT molecular complexity index is 194. The molecule has 22 heavy (non-hydrogen) atoms.